The van der Waals surface area contributed by atoms with Gasteiger partial charge < -0.3 is 4.74 Å². The van der Waals surface area contributed by atoms with E-state index < -0.39 is 0 Å². The Kier molecular flexibility index (Phi) is 5.05. The van der Waals surface area contributed by atoms with Crippen molar-refractivity contribution >= 4 is 33.7 Å². The molecule has 0 aliphatic carbocycles. The van der Waals surface area contributed by atoms with Gasteiger partial charge in [-0.3, -0.25) is 4.79 Å². The fraction of sp³-hybridized carbons (Fsp3) is 0.0400. The van der Waals surface area contributed by atoms with Crippen molar-refractivity contribution in [2.45, 2.75) is 0 Å². The van der Waals surface area contributed by atoms with Crippen LogP contribution in [0.3, 0.4) is 0 Å². The van der Waals surface area contributed by atoms with Gasteiger partial charge in [0.2, 0.25) is 4.96 Å². The predicted octanol–water partition coefficient (Wildman–Crippen LogP) is 4.29. The van der Waals surface area contributed by atoms with Crippen molar-refractivity contribution in [3.63, 3.8) is 0 Å². The summed E-state index contributed by atoms with van der Waals surface area (Å²) in [6.45, 7) is 0. The lowest BCUT2D eigenvalue weighted by Gasteiger charge is -1.99. The van der Waals surface area contributed by atoms with Crippen molar-refractivity contribution in [3.05, 3.63) is 98.8 Å². The number of ether oxygens (including phenoxy) is 1. The molecule has 0 aliphatic rings. The monoisotopic (exact) mass is 483 g/mol. The van der Waals surface area contributed by atoms with Gasteiger partial charge in [0, 0.05) is 17.3 Å². The molecular formula is C25H17N5O2S2. The van der Waals surface area contributed by atoms with Gasteiger partial charge in [-0.2, -0.15) is 14.6 Å². The molecule has 7 nitrogen and oxygen atoms in total. The van der Waals surface area contributed by atoms with Crippen LogP contribution in [-0.2, 0) is 0 Å². The van der Waals surface area contributed by atoms with Crippen LogP contribution in [0.25, 0.3) is 38.7 Å². The SMILES string of the molecule is COc1ccc(-c2nc3sc(=Cc4cn(-c5ccccc5)nc4-c4cccs4)c(=O)n3n2)cc1. The molecule has 34 heavy (non-hydrogen) atoms. The van der Waals surface area contributed by atoms with Gasteiger partial charge in [-0.25, -0.2) is 4.68 Å². The predicted molar refractivity (Wildman–Crippen MR) is 135 cm³/mol. The van der Waals surface area contributed by atoms with Crippen LogP contribution in [0.1, 0.15) is 5.56 Å². The van der Waals surface area contributed by atoms with Crippen LogP contribution < -0.4 is 14.8 Å². The van der Waals surface area contributed by atoms with E-state index in [9.17, 15) is 4.79 Å². The number of nitrogens with zero attached hydrogens (tertiary/aromatic N) is 5. The zero-order valence-electron chi connectivity index (χ0n) is 18.0. The van der Waals surface area contributed by atoms with Gasteiger partial charge in [0.1, 0.15) is 11.4 Å². The maximum atomic E-state index is 13.1. The number of hydrogen-bond acceptors (Lipinski definition) is 7. The highest BCUT2D eigenvalue weighted by Crippen LogP contribution is 2.28. The third-order valence-electron chi connectivity index (χ3n) is 5.33. The third kappa shape index (κ3) is 3.60. The zero-order chi connectivity index (χ0) is 23.1. The van der Waals surface area contributed by atoms with Gasteiger partial charge in [-0.15, -0.1) is 16.4 Å². The summed E-state index contributed by atoms with van der Waals surface area (Å²) >= 11 is 2.93. The Morgan fingerprint density at radius 2 is 1.79 bits per heavy atom. The molecule has 0 saturated carbocycles. The lowest BCUT2D eigenvalue weighted by molar-refractivity contribution is 0.415. The fourth-order valence-corrected chi connectivity index (χ4v) is 5.28. The lowest BCUT2D eigenvalue weighted by atomic mass is 10.2. The van der Waals surface area contributed by atoms with E-state index in [0.717, 1.165) is 33.1 Å². The molecule has 0 bridgehead atoms. The van der Waals surface area contributed by atoms with Crippen molar-refractivity contribution < 1.29 is 4.74 Å². The van der Waals surface area contributed by atoms with Crippen molar-refractivity contribution in [3.8, 4) is 33.4 Å². The lowest BCUT2D eigenvalue weighted by Crippen LogP contribution is -2.23. The maximum absolute atomic E-state index is 13.1. The molecule has 4 heterocycles. The quantitative estimate of drug-likeness (QED) is 0.366. The fourth-order valence-electron chi connectivity index (χ4n) is 3.65. The molecule has 166 valence electrons. The second-order valence-corrected chi connectivity index (χ2v) is 9.42. The molecule has 0 atom stereocenters. The second kappa shape index (κ2) is 8.36. The van der Waals surface area contributed by atoms with Crippen LogP contribution in [0.4, 0.5) is 0 Å². The van der Waals surface area contributed by atoms with Crippen molar-refractivity contribution in [2.75, 3.05) is 7.11 Å². The highest BCUT2D eigenvalue weighted by Gasteiger charge is 2.15. The van der Waals surface area contributed by atoms with Crippen LogP contribution in [0.15, 0.2) is 83.1 Å². The second-order valence-electron chi connectivity index (χ2n) is 7.46. The van der Waals surface area contributed by atoms with Crippen molar-refractivity contribution in [1.82, 2.24) is 24.4 Å². The number of methoxy groups -OCH3 is 1. The minimum Gasteiger partial charge on any atom is -0.497 e. The van der Waals surface area contributed by atoms with Gasteiger partial charge in [0.15, 0.2) is 5.82 Å². The van der Waals surface area contributed by atoms with E-state index in [1.165, 1.54) is 15.9 Å². The zero-order valence-corrected chi connectivity index (χ0v) is 19.6. The van der Waals surface area contributed by atoms with Gasteiger partial charge in [-0.05, 0) is 53.9 Å². The minimum atomic E-state index is -0.197. The molecule has 0 spiro atoms. The summed E-state index contributed by atoms with van der Waals surface area (Å²) in [4.78, 5) is 19.3. The molecule has 2 aromatic carbocycles. The van der Waals surface area contributed by atoms with E-state index in [2.05, 4.69) is 10.1 Å². The highest BCUT2D eigenvalue weighted by molar-refractivity contribution is 7.15. The summed E-state index contributed by atoms with van der Waals surface area (Å²) < 4.78 is 8.96. The van der Waals surface area contributed by atoms with Crippen LogP contribution in [0.5, 0.6) is 5.75 Å². The highest BCUT2D eigenvalue weighted by atomic mass is 32.1. The van der Waals surface area contributed by atoms with E-state index in [1.807, 2.05) is 89.1 Å². The molecule has 0 amide bonds. The first-order valence-electron chi connectivity index (χ1n) is 10.4. The Morgan fingerprint density at radius 1 is 0.971 bits per heavy atom. The molecule has 4 aromatic heterocycles. The minimum absolute atomic E-state index is 0.197. The van der Waals surface area contributed by atoms with Crippen molar-refractivity contribution in [2.24, 2.45) is 0 Å². The molecule has 6 rings (SSSR count). The molecule has 0 saturated heterocycles. The largest absolute Gasteiger partial charge is 0.497 e. The number of rotatable bonds is 5. The van der Waals surface area contributed by atoms with E-state index >= 15 is 0 Å². The van der Waals surface area contributed by atoms with E-state index in [4.69, 9.17) is 9.84 Å². The molecule has 0 aliphatic heterocycles. The first-order chi connectivity index (χ1) is 16.7. The Labute approximate surface area is 201 Å². The number of thiazole rings is 1. The Balaban J connectivity index is 1.45. The van der Waals surface area contributed by atoms with E-state index in [0.29, 0.717) is 15.3 Å². The van der Waals surface area contributed by atoms with Crippen LogP contribution in [0.2, 0.25) is 0 Å². The number of thiophene rings is 1. The average Bonchev–Trinajstić information content (AvgIpc) is 3.66. The summed E-state index contributed by atoms with van der Waals surface area (Å²) in [7, 11) is 1.62. The summed E-state index contributed by atoms with van der Waals surface area (Å²) in [5, 5.41) is 11.3. The summed E-state index contributed by atoms with van der Waals surface area (Å²) in [5.74, 6) is 1.26. The number of benzene rings is 2. The van der Waals surface area contributed by atoms with Gasteiger partial charge in [0.25, 0.3) is 5.56 Å². The average molecular weight is 484 g/mol. The Morgan fingerprint density at radius 3 is 2.50 bits per heavy atom. The van der Waals surface area contributed by atoms with Crippen molar-refractivity contribution in [1.29, 1.82) is 0 Å². The molecule has 9 heteroatoms. The molecule has 0 fully saturated rings. The molecule has 0 N–H and O–H groups in total. The first-order valence-corrected chi connectivity index (χ1v) is 12.1. The van der Waals surface area contributed by atoms with E-state index in [1.54, 1.807) is 18.4 Å². The number of hydrogen-bond donors (Lipinski definition) is 0. The standard InChI is InChI=1S/C25H17N5O2S2/c1-32-19-11-9-16(10-12-19)23-26-25-30(28-23)24(31)21(34-25)14-17-15-29(18-6-3-2-4-7-18)27-22(17)20-8-5-13-33-20/h2-15H,1H3. The molecule has 0 unspecified atom stereocenters. The summed E-state index contributed by atoms with van der Waals surface area (Å²) in [6.07, 6.45) is 3.82. The van der Waals surface area contributed by atoms with Gasteiger partial charge >= 0.3 is 0 Å². The topological polar surface area (TPSA) is 74.3 Å². The Bertz CT molecular complexity index is 1700. The number of para-hydroxylation sites is 1. The van der Waals surface area contributed by atoms with Gasteiger partial charge in [-0.1, -0.05) is 35.6 Å². The first kappa shape index (κ1) is 20.5. The van der Waals surface area contributed by atoms with Crippen LogP contribution in [-0.4, -0.2) is 31.5 Å². The van der Waals surface area contributed by atoms with Gasteiger partial charge in [0.05, 0.1) is 22.2 Å². The smallest absolute Gasteiger partial charge is 0.291 e. The molecular weight excluding hydrogens is 466 g/mol. The van der Waals surface area contributed by atoms with Crippen LogP contribution in [0, 0.1) is 0 Å². The number of fused-ring (bicyclic) bond motifs is 1. The Hall–Kier alpha value is -4.08. The van der Waals surface area contributed by atoms with Crippen LogP contribution >= 0.6 is 22.7 Å². The normalized spacial score (nSPS) is 12.0. The maximum Gasteiger partial charge on any atom is 0.291 e. The molecule has 6 aromatic rings. The summed E-state index contributed by atoms with van der Waals surface area (Å²) in [5.41, 5.74) is 3.27. The number of aromatic nitrogens is 5. The third-order valence-corrected chi connectivity index (χ3v) is 7.17. The molecule has 0 radical (unpaired) electrons. The van der Waals surface area contributed by atoms with E-state index in [-0.39, 0.29) is 5.56 Å². The summed E-state index contributed by atoms with van der Waals surface area (Å²) in [6, 6.07) is 21.4.